The van der Waals surface area contributed by atoms with Gasteiger partial charge in [-0.05, 0) is 49.2 Å². The molecule has 1 unspecified atom stereocenters. The van der Waals surface area contributed by atoms with Gasteiger partial charge >= 0.3 is 5.91 Å². The molecule has 2 aliphatic rings. The second kappa shape index (κ2) is 10.3. The average molecular weight is 535 g/mol. The number of aliphatic hydroxyl groups is 1. The highest BCUT2D eigenvalue weighted by molar-refractivity contribution is 7.18. The van der Waals surface area contributed by atoms with E-state index in [-0.39, 0.29) is 22.2 Å². The van der Waals surface area contributed by atoms with E-state index in [9.17, 15) is 19.5 Å². The molecule has 0 bridgehead atoms. The van der Waals surface area contributed by atoms with Crippen LogP contribution in [-0.4, -0.2) is 47.4 Å². The van der Waals surface area contributed by atoms with Crippen molar-refractivity contribution in [1.29, 1.82) is 0 Å². The molecule has 3 aromatic rings. The number of anilines is 1. The van der Waals surface area contributed by atoms with Crippen molar-refractivity contribution in [2.75, 3.05) is 24.7 Å². The SMILES string of the molecule is CCCOc1cccc(C2C(=C(O)c3ccc4c(c3)OCCO4)C(=O)C(=O)N2c2nc(C)c(C(C)=O)s2)c1. The summed E-state index contributed by atoms with van der Waals surface area (Å²) in [4.78, 5) is 45.1. The molecule has 0 radical (unpaired) electrons. The molecule has 5 rings (SSSR count). The number of ketones is 2. The molecule has 1 amide bonds. The predicted molar refractivity (Wildman–Crippen MR) is 141 cm³/mol. The molecular weight excluding hydrogens is 508 g/mol. The summed E-state index contributed by atoms with van der Waals surface area (Å²) >= 11 is 1.04. The zero-order valence-corrected chi connectivity index (χ0v) is 22.0. The Bertz CT molecular complexity index is 1480. The zero-order valence-electron chi connectivity index (χ0n) is 21.1. The Morgan fingerprint density at radius 2 is 1.92 bits per heavy atom. The lowest BCUT2D eigenvalue weighted by atomic mass is 9.95. The number of nitrogens with zero attached hydrogens (tertiary/aromatic N) is 2. The Kier molecular flexibility index (Phi) is 6.90. The molecule has 0 saturated carbocycles. The lowest BCUT2D eigenvalue weighted by Gasteiger charge is -2.24. The van der Waals surface area contributed by atoms with Gasteiger partial charge in [-0.15, -0.1) is 0 Å². The minimum Gasteiger partial charge on any atom is -0.507 e. The summed E-state index contributed by atoms with van der Waals surface area (Å²) in [5.74, 6) is -0.729. The fourth-order valence-corrected chi connectivity index (χ4v) is 5.49. The smallest absolute Gasteiger partial charge is 0.301 e. The molecule has 9 nitrogen and oxygen atoms in total. The topological polar surface area (TPSA) is 115 Å². The van der Waals surface area contributed by atoms with Crippen LogP contribution in [0.5, 0.6) is 17.2 Å². The number of aromatic nitrogens is 1. The van der Waals surface area contributed by atoms with E-state index in [0.29, 0.717) is 58.8 Å². The Balaban J connectivity index is 1.68. The molecule has 0 spiro atoms. The first-order valence-electron chi connectivity index (χ1n) is 12.2. The van der Waals surface area contributed by atoms with E-state index in [1.165, 1.54) is 11.8 Å². The monoisotopic (exact) mass is 534 g/mol. The van der Waals surface area contributed by atoms with Gasteiger partial charge in [0.1, 0.15) is 24.7 Å². The number of ether oxygens (including phenoxy) is 3. The van der Waals surface area contributed by atoms with Crippen LogP contribution in [0.3, 0.4) is 0 Å². The Morgan fingerprint density at radius 3 is 2.63 bits per heavy atom. The minimum absolute atomic E-state index is 0.100. The third kappa shape index (κ3) is 4.51. The number of carbonyl (C=O) groups excluding carboxylic acids is 3. The van der Waals surface area contributed by atoms with Crippen LogP contribution in [-0.2, 0) is 9.59 Å². The number of hydrogen-bond donors (Lipinski definition) is 1. The van der Waals surface area contributed by atoms with Crippen molar-refractivity contribution in [2.24, 2.45) is 0 Å². The number of carbonyl (C=O) groups is 3. The van der Waals surface area contributed by atoms with Crippen LogP contribution in [0, 0.1) is 6.92 Å². The summed E-state index contributed by atoms with van der Waals surface area (Å²) in [6, 6.07) is 10.9. The van der Waals surface area contributed by atoms with Gasteiger partial charge in [0, 0.05) is 12.5 Å². The fourth-order valence-electron chi connectivity index (χ4n) is 4.50. The number of amides is 1. The van der Waals surface area contributed by atoms with Gasteiger partial charge in [0.25, 0.3) is 5.78 Å². The van der Waals surface area contributed by atoms with E-state index in [1.54, 1.807) is 49.4 Å². The summed E-state index contributed by atoms with van der Waals surface area (Å²) in [6.07, 6.45) is 0.805. The van der Waals surface area contributed by atoms with E-state index >= 15 is 0 Å². The number of benzene rings is 2. The van der Waals surface area contributed by atoms with E-state index in [2.05, 4.69) is 4.98 Å². The van der Waals surface area contributed by atoms with Gasteiger partial charge in [-0.2, -0.15) is 0 Å². The summed E-state index contributed by atoms with van der Waals surface area (Å²) in [5, 5.41) is 11.6. The van der Waals surface area contributed by atoms with Crippen LogP contribution in [0.1, 0.15) is 52.8 Å². The van der Waals surface area contributed by atoms with E-state index in [1.807, 2.05) is 6.92 Å². The fraction of sp³-hybridized carbons (Fsp3) is 0.286. The van der Waals surface area contributed by atoms with Crippen LogP contribution in [0.2, 0.25) is 0 Å². The molecule has 1 N–H and O–H groups in total. The number of fused-ring (bicyclic) bond motifs is 1. The summed E-state index contributed by atoms with van der Waals surface area (Å²) in [5.41, 5.74) is 1.21. The molecule has 2 aromatic carbocycles. The van der Waals surface area contributed by atoms with Crippen molar-refractivity contribution in [2.45, 2.75) is 33.2 Å². The van der Waals surface area contributed by atoms with Gasteiger partial charge in [-0.25, -0.2) is 4.98 Å². The first-order chi connectivity index (χ1) is 18.3. The number of Topliss-reactive ketones (excluding diaryl/α,β-unsaturated/α-hetero) is 2. The molecule has 196 valence electrons. The van der Waals surface area contributed by atoms with Crippen molar-refractivity contribution < 1.29 is 33.7 Å². The number of aryl methyl sites for hydroxylation is 1. The highest BCUT2D eigenvalue weighted by Gasteiger charge is 2.48. The highest BCUT2D eigenvalue weighted by Crippen LogP contribution is 2.45. The van der Waals surface area contributed by atoms with Crippen molar-refractivity contribution in [3.8, 4) is 17.2 Å². The van der Waals surface area contributed by atoms with Crippen LogP contribution in [0.25, 0.3) is 5.76 Å². The van der Waals surface area contributed by atoms with Gasteiger partial charge in [0.15, 0.2) is 22.4 Å². The number of thiazole rings is 1. The highest BCUT2D eigenvalue weighted by atomic mass is 32.1. The molecule has 1 saturated heterocycles. The molecule has 1 atom stereocenters. The summed E-state index contributed by atoms with van der Waals surface area (Å²) in [7, 11) is 0. The quantitative estimate of drug-likeness (QED) is 0.198. The van der Waals surface area contributed by atoms with E-state index in [0.717, 1.165) is 17.8 Å². The maximum absolute atomic E-state index is 13.5. The van der Waals surface area contributed by atoms with Crippen LogP contribution in [0.15, 0.2) is 48.0 Å². The Labute approximate surface area is 223 Å². The standard InChI is InChI=1S/C28H26N2O7S/c1-4-10-35-19-7-5-6-17(13-19)23-22(24(32)18-8-9-20-21(14-18)37-12-11-36-20)25(33)27(34)30(23)28-29-15(2)26(38-28)16(3)31/h5-9,13-14,23,32H,4,10-12H2,1-3H3. The third-order valence-corrected chi connectivity index (χ3v) is 7.48. The van der Waals surface area contributed by atoms with Gasteiger partial charge in [0.2, 0.25) is 0 Å². The van der Waals surface area contributed by atoms with Crippen LogP contribution >= 0.6 is 11.3 Å². The van der Waals surface area contributed by atoms with E-state index in [4.69, 9.17) is 14.2 Å². The average Bonchev–Trinajstić information content (AvgIpc) is 3.43. The minimum atomic E-state index is -1.00. The van der Waals surface area contributed by atoms with Crippen molar-refractivity contribution in [1.82, 2.24) is 4.98 Å². The third-order valence-electron chi connectivity index (χ3n) is 6.22. The normalized spacial score (nSPS) is 18.1. The van der Waals surface area contributed by atoms with Gasteiger partial charge in [0.05, 0.1) is 28.8 Å². The molecule has 10 heteroatoms. The second-order valence-electron chi connectivity index (χ2n) is 8.92. The summed E-state index contributed by atoms with van der Waals surface area (Å²) in [6.45, 7) is 6.35. The number of aliphatic hydroxyl groups excluding tert-OH is 1. The van der Waals surface area contributed by atoms with Gasteiger partial charge in [-0.1, -0.05) is 30.4 Å². The Hall–Kier alpha value is -4.18. The lowest BCUT2D eigenvalue weighted by molar-refractivity contribution is -0.132. The maximum Gasteiger partial charge on any atom is 0.301 e. The molecular formula is C28H26N2O7S. The van der Waals surface area contributed by atoms with Crippen LogP contribution in [0.4, 0.5) is 5.13 Å². The van der Waals surface area contributed by atoms with Gasteiger partial charge < -0.3 is 19.3 Å². The molecule has 38 heavy (non-hydrogen) atoms. The van der Waals surface area contributed by atoms with Crippen LogP contribution < -0.4 is 19.1 Å². The first kappa shape index (κ1) is 25.5. The molecule has 1 fully saturated rings. The van der Waals surface area contributed by atoms with Crippen molar-refractivity contribution in [3.63, 3.8) is 0 Å². The second-order valence-corrected chi connectivity index (χ2v) is 9.89. The van der Waals surface area contributed by atoms with Crippen molar-refractivity contribution in [3.05, 3.63) is 69.7 Å². The van der Waals surface area contributed by atoms with E-state index < -0.39 is 17.7 Å². The Morgan fingerprint density at radius 1 is 1.16 bits per heavy atom. The predicted octanol–water partition coefficient (Wildman–Crippen LogP) is 4.84. The molecule has 2 aliphatic heterocycles. The largest absolute Gasteiger partial charge is 0.507 e. The van der Waals surface area contributed by atoms with Gasteiger partial charge in [-0.3, -0.25) is 19.3 Å². The molecule has 3 heterocycles. The molecule has 1 aromatic heterocycles. The zero-order chi connectivity index (χ0) is 27.0. The number of rotatable bonds is 7. The molecule has 0 aliphatic carbocycles. The van der Waals surface area contributed by atoms with Crippen molar-refractivity contribution >= 4 is 39.7 Å². The summed E-state index contributed by atoms with van der Waals surface area (Å²) < 4.78 is 17.0. The maximum atomic E-state index is 13.5. The lowest BCUT2D eigenvalue weighted by Crippen LogP contribution is -2.29. The number of hydrogen-bond acceptors (Lipinski definition) is 9. The first-order valence-corrected chi connectivity index (χ1v) is 13.0.